The number of anilines is 2. The first-order chi connectivity index (χ1) is 14.2. The predicted octanol–water partition coefficient (Wildman–Crippen LogP) is 6.02. The molecule has 0 saturated carbocycles. The highest BCUT2D eigenvalue weighted by atomic mass is 35.5. The van der Waals surface area contributed by atoms with E-state index in [4.69, 9.17) is 11.6 Å². The van der Waals surface area contributed by atoms with Crippen LogP contribution in [-0.2, 0) is 0 Å². The molecule has 3 aromatic carbocycles. The lowest BCUT2D eigenvalue weighted by Gasteiger charge is -2.14. The summed E-state index contributed by atoms with van der Waals surface area (Å²) >= 11 is 7.22. The Balaban J connectivity index is 1.54. The summed E-state index contributed by atoms with van der Waals surface area (Å²) in [6, 6.07) is 26.8. The van der Waals surface area contributed by atoms with Gasteiger partial charge in [-0.25, -0.2) is 4.79 Å². The van der Waals surface area contributed by atoms with Gasteiger partial charge in [0.05, 0.1) is 5.92 Å². The first-order valence-electron chi connectivity index (χ1n) is 8.96. The van der Waals surface area contributed by atoms with Gasteiger partial charge in [0.25, 0.3) is 0 Å². The summed E-state index contributed by atoms with van der Waals surface area (Å²) in [5.41, 5.74) is 2.88. The van der Waals surface area contributed by atoms with Crippen molar-refractivity contribution in [1.82, 2.24) is 10.2 Å². The number of nitrogens with one attached hydrogen (secondary N) is 2. The molecule has 0 bridgehead atoms. The number of rotatable bonds is 5. The van der Waals surface area contributed by atoms with Crippen LogP contribution in [0.1, 0.15) is 22.1 Å². The zero-order chi connectivity index (χ0) is 20.1. The maximum atomic E-state index is 12.3. The highest BCUT2D eigenvalue weighted by Gasteiger charge is 2.21. The molecule has 0 aliphatic heterocycles. The molecule has 1 aromatic heterocycles. The van der Waals surface area contributed by atoms with Gasteiger partial charge < -0.3 is 5.32 Å². The largest absolute Gasteiger partial charge is 0.325 e. The van der Waals surface area contributed by atoms with Gasteiger partial charge in [0.2, 0.25) is 5.13 Å². The molecule has 7 heteroatoms. The fourth-order valence-corrected chi connectivity index (χ4v) is 3.98. The van der Waals surface area contributed by atoms with Gasteiger partial charge >= 0.3 is 6.03 Å². The fourth-order valence-electron chi connectivity index (χ4n) is 2.96. The lowest BCUT2D eigenvalue weighted by atomic mass is 9.92. The average Bonchev–Trinajstić information content (AvgIpc) is 3.19. The second-order valence-corrected chi connectivity index (χ2v) is 7.73. The molecule has 0 spiro atoms. The molecule has 0 atom stereocenters. The monoisotopic (exact) mass is 420 g/mol. The minimum absolute atomic E-state index is 0.0511. The Morgan fingerprint density at radius 3 is 1.97 bits per heavy atom. The van der Waals surface area contributed by atoms with Gasteiger partial charge in [0.15, 0.2) is 0 Å². The van der Waals surface area contributed by atoms with E-state index in [0.717, 1.165) is 16.1 Å². The minimum atomic E-state index is -0.383. The smallest absolute Gasteiger partial charge is 0.308 e. The lowest BCUT2D eigenvalue weighted by molar-refractivity contribution is 0.262. The molecule has 29 heavy (non-hydrogen) atoms. The summed E-state index contributed by atoms with van der Waals surface area (Å²) in [7, 11) is 0. The quantitative estimate of drug-likeness (QED) is 0.415. The van der Waals surface area contributed by atoms with E-state index in [1.165, 1.54) is 11.3 Å². The van der Waals surface area contributed by atoms with Crippen LogP contribution in [0, 0.1) is 0 Å². The molecule has 0 unspecified atom stereocenters. The molecule has 4 rings (SSSR count). The summed E-state index contributed by atoms with van der Waals surface area (Å²) in [5.74, 6) is -0.0511. The molecule has 2 amide bonds. The van der Waals surface area contributed by atoms with Crippen LogP contribution in [0.3, 0.4) is 0 Å². The highest BCUT2D eigenvalue weighted by Crippen LogP contribution is 2.34. The van der Waals surface area contributed by atoms with Crippen molar-refractivity contribution in [3.05, 3.63) is 106 Å². The van der Waals surface area contributed by atoms with Crippen LogP contribution in [0.4, 0.5) is 15.6 Å². The van der Waals surface area contributed by atoms with Crippen molar-refractivity contribution in [2.45, 2.75) is 5.92 Å². The summed E-state index contributed by atoms with van der Waals surface area (Å²) in [5, 5.41) is 15.9. The van der Waals surface area contributed by atoms with Gasteiger partial charge in [-0.3, -0.25) is 5.32 Å². The first-order valence-corrected chi connectivity index (χ1v) is 10.2. The van der Waals surface area contributed by atoms with Gasteiger partial charge in [-0.1, -0.05) is 83.6 Å². The van der Waals surface area contributed by atoms with Crippen molar-refractivity contribution < 1.29 is 4.79 Å². The van der Waals surface area contributed by atoms with Crippen LogP contribution >= 0.6 is 22.9 Å². The number of amides is 2. The van der Waals surface area contributed by atoms with Crippen LogP contribution in [0.5, 0.6) is 0 Å². The number of hydrogen-bond donors (Lipinski definition) is 2. The number of carbonyl (C=O) groups is 1. The fraction of sp³-hybridized carbons (Fsp3) is 0.0455. The molecular weight excluding hydrogens is 404 g/mol. The predicted molar refractivity (Wildman–Crippen MR) is 118 cm³/mol. The lowest BCUT2D eigenvalue weighted by Crippen LogP contribution is -2.19. The van der Waals surface area contributed by atoms with Crippen molar-refractivity contribution in [3.63, 3.8) is 0 Å². The summed E-state index contributed by atoms with van der Waals surface area (Å²) in [4.78, 5) is 12.3. The van der Waals surface area contributed by atoms with Crippen molar-refractivity contribution >= 4 is 39.8 Å². The SMILES string of the molecule is O=C(Nc1ccc(Cl)cc1)Nc1nnc(C(c2ccccc2)c2ccccc2)s1. The van der Waals surface area contributed by atoms with E-state index in [2.05, 4.69) is 45.1 Å². The third-order valence-corrected chi connectivity index (χ3v) is 5.43. The van der Waals surface area contributed by atoms with Gasteiger partial charge in [-0.05, 0) is 35.4 Å². The number of benzene rings is 3. The van der Waals surface area contributed by atoms with Crippen LogP contribution in [0.25, 0.3) is 0 Å². The molecule has 144 valence electrons. The van der Waals surface area contributed by atoms with E-state index < -0.39 is 0 Å². The third-order valence-electron chi connectivity index (χ3n) is 4.28. The maximum absolute atomic E-state index is 12.3. The van der Waals surface area contributed by atoms with E-state index >= 15 is 0 Å². The van der Waals surface area contributed by atoms with Gasteiger partial charge in [-0.2, -0.15) is 0 Å². The topological polar surface area (TPSA) is 66.9 Å². The van der Waals surface area contributed by atoms with Crippen molar-refractivity contribution in [2.75, 3.05) is 10.6 Å². The van der Waals surface area contributed by atoms with E-state index in [1.807, 2.05) is 36.4 Å². The van der Waals surface area contributed by atoms with Gasteiger partial charge in [0.1, 0.15) is 5.01 Å². The molecule has 1 heterocycles. The molecule has 0 fully saturated rings. The standard InChI is InChI=1S/C22H17ClN4OS/c23-17-11-13-18(14-12-17)24-21(28)25-22-27-26-20(29-22)19(15-7-3-1-4-8-15)16-9-5-2-6-10-16/h1-14,19H,(H2,24,25,27,28). The van der Waals surface area contributed by atoms with Crippen LogP contribution < -0.4 is 10.6 Å². The number of aromatic nitrogens is 2. The Kier molecular flexibility index (Phi) is 5.84. The number of nitrogens with zero attached hydrogens (tertiary/aromatic N) is 2. The van der Waals surface area contributed by atoms with Gasteiger partial charge in [0, 0.05) is 10.7 Å². The second kappa shape index (κ2) is 8.86. The Bertz CT molecular complexity index is 1050. The molecule has 0 aliphatic carbocycles. The van der Waals surface area contributed by atoms with Crippen molar-refractivity contribution in [2.24, 2.45) is 0 Å². The summed E-state index contributed by atoms with van der Waals surface area (Å²) < 4.78 is 0. The third kappa shape index (κ3) is 4.80. The van der Waals surface area contributed by atoms with E-state index in [9.17, 15) is 4.79 Å². The van der Waals surface area contributed by atoms with Crippen LogP contribution in [0.2, 0.25) is 5.02 Å². The number of halogens is 1. The molecular formula is C22H17ClN4OS. The molecule has 2 N–H and O–H groups in total. The van der Waals surface area contributed by atoms with Crippen molar-refractivity contribution in [1.29, 1.82) is 0 Å². The zero-order valence-electron chi connectivity index (χ0n) is 15.2. The van der Waals surface area contributed by atoms with Crippen LogP contribution in [-0.4, -0.2) is 16.2 Å². The van der Waals surface area contributed by atoms with Gasteiger partial charge in [-0.15, -0.1) is 10.2 Å². The van der Waals surface area contributed by atoms with Crippen LogP contribution in [0.15, 0.2) is 84.9 Å². The zero-order valence-corrected chi connectivity index (χ0v) is 16.8. The Hall–Kier alpha value is -3.22. The molecule has 5 nitrogen and oxygen atoms in total. The van der Waals surface area contributed by atoms with E-state index in [0.29, 0.717) is 15.8 Å². The minimum Gasteiger partial charge on any atom is -0.308 e. The highest BCUT2D eigenvalue weighted by molar-refractivity contribution is 7.15. The Morgan fingerprint density at radius 1 is 0.793 bits per heavy atom. The Labute approximate surface area is 177 Å². The van der Waals surface area contributed by atoms with E-state index in [-0.39, 0.29) is 11.9 Å². The molecule has 4 aromatic rings. The number of carbonyl (C=O) groups excluding carboxylic acids is 1. The molecule has 0 saturated heterocycles. The first kappa shape index (κ1) is 19.1. The average molecular weight is 421 g/mol. The summed E-state index contributed by atoms with van der Waals surface area (Å²) in [6.45, 7) is 0. The maximum Gasteiger partial charge on any atom is 0.325 e. The Morgan fingerprint density at radius 2 is 1.38 bits per heavy atom. The molecule has 0 radical (unpaired) electrons. The normalized spacial score (nSPS) is 10.7. The van der Waals surface area contributed by atoms with Crippen molar-refractivity contribution in [3.8, 4) is 0 Å². The second-order valence-electron chi connectivity index (χ2n) is 6.29. The number of hydrogen-bond acceptors (Lipinski definition) is 4. The van der Waals surface area contributed by atoms with E-state index in [1.54, 1.807) is 24.3 Å². The number of urea groups is 1. The molecule has 0 aliphatic rings. The summed E-state index contributed by atoms with van der Waals surface area (Å²) in [6.07, 6.45) is 0.